The van der Waals surface area contributed by atoms with Crippen LogP contribution in [0.25, 0.3) is 27.7 Å². The molecule has 8 nitrogen and oxygen atoms in total. The number of halogens is 2. The van der Waals surface area contributed by atoms with Crippen molar-refractivity contribution in [3.05, 3.63) is 41.7 Å². The predicted octanol–water partition coefficient (Wildman–Crippen LogP) is 4.70. The lowest BCUT2D eigenvalue weighted by atomic mass is 9.89. The number of aromatic nitrogens is 5. The van der Waals surface area contributed by atoms with Crippen LogP contribution < -0.4 is 5.32 Å². The summed E-state index contributed by atoms with van der Waals surface area (Å²) in [6.45, 7) is 12.3. The number of piperidine rings is 1. The molecule has 37 heavy (non-hydrogen) atoms. The zero-order valence-electron chi connectivity index (χ0n) is 21.9. The summed E-state index contributed by atoms with van der Waals surface area (Å²) in [6.07, 6.45) is 3.59. The molecule has 2 saturated heterocycles. The van der Waals surface area contributed by atoms with Crippen molar-refractivity contribution < 1.29 is 13.5 Å². The van der Waals surface area contributed by atoms with E-state index in [2.05, 4.69) is 38.7 Å². The van der Waals surface area contributed by atoms with E-state index >= 15 is 8.78 Å². The Balaban J connectivity index is 1.32. The van der Waals surface area contributed by atoms with Gasteiger partial charge in [0.2, 0.25) is 5.95 Å². The summed E-state index contributed by atoms with van der Waals surface area (Å²) >= 11 is 0. The molecule has 4 aromatic rings. The number of rotatable bonds is 5. The largest absolute Gasteiger partial charge is 0.378 e. The summed E-state index contributed by atoms with van der Waals surface area (Å²) in [4.78, 5) is 11.3. The molecular weight excluding hydrogens is 476 g/mol. The molecule has 2 atom stereocenters. The molecule has 0 spiro atoms. The van der Waals surface area contributed by atoms with Crippen molar-refractivity contribution in [3.63, 3.8) is 0 Å². The van der Waals surface area contributed by atoms with Crippen LogP contribution in [0.2, 0.25) is 0 Å². The van der Waals surface area contributed by atoms with Gasteiger partial charge in [-0.05, 0) is 58.2 Å². The summed E-state index contributed by atoms with van der Waals surface area (Å²) in [5, 5.41) is 7.68. The van der Waals surface area contributed by atoms with E-state index in [0.29, 0.717) is 43.3 Å². The van der Waals surface area contributed by atoms with Crippen molar-refractivity contribution in [1.29, 1.82) is 0 Å². The number of hydrogen-bond acceptors (Lipinski definition) is 6. The molecule has 1 aromatic carbocycles. The average molecular weight is 510 g/mol. The highest BCUT2D eigenvalue weighted by Gasteiger charge is 2.43. The highest BCUT2D eigenvalue weighted by atomic mass is 19.1. The van der Waals surface area contributed by atoms with E-state index in [9.17, 15) is 0 Å². The smallest absolute Gasteiger partial charge is 0.241 e. The predicted molar refractivity (Wildman–Crippen MR) is 139 cm³/mol. The number of benzene rings is 1. The fourth-order valence-corrected chi connectivity index (χ4v) is 5.95. The summed E-state index contributed by atoms with van der Waals surface area (Å²) in [5.74, 6) is 0.829. The van der Waals surface area contributed by atoms with E-state index < -0.39 is 11.7 Å². The van der Waals surface area contributed by atoms with Crippen molar-refractivity contribution in [2.75, 3.05) is 31.6 Å². The number of fused-ring (bicyclic) bond motifs is 2. The van der Waals surface area contributed by atoms with Crippen molar-refractivity contribution in [2.24, 2.45) is 0 Å². The molecule has 6 rings (SSSR count). The zero-order valence-corrected chi connectivity index (χ0v) is 21.9. The lowest BCUT2D eigenvalue weighted by Gasteiger charge is -2.46. The van der Waals surface area contributed by atoms with Crippen LogP contribution in [0.4, 0.5) is 14.7 Å². The monoisotopic (exact) mass is 509 g/mol. The number of imidazole rings is 1. The second-order valence-electron chi connectivity index (χ2n) is 10.9. The molecule has 1 unspecified atom stereocenters. The Labute approximate surface area is 214 Å². The Kier molecular flexibility index (Phi) is 5.72. The molecule has 1 N–H and O–H groups in total. The standard InChI is InChI=1S/C27H33F2N7O/c1-15(2)36-17(4)31-21-7-6-19(16(3)25(21)36)24-20(28)11-35-22(24)10-30-26(33-35)32-23-8-9-34(14-27(23,5)29)18-12-37-13-18/h6-7,10-11,15,18,23H,8-9,12-14H2,1-5H3,(H,32,33)/t23-,27?/m1/s1. The Morgan fingerprint density at radius 2 is 2.00 bits per heavy atom. The van der Waals surface area contributed by atoms with Crippen molar-refractivity contribution in [3.8, 4) is 11.1 Å². The molecule has 0 bridgehead atoms. The van der Waals surface area contributed by atoms with Gasteiger partial charge in [0.15, 0.2) is 5.82 Å². The molecule has 2 fully saturated rings. The van der Waals surface area contributed by atoms with E-state index in [1.165, 1.54) is 10.7 Å². The van der Waals surface area contributed by atoms with E-state index in [1.54, 1.807) is 13.1 Å². The molecule has 0 aliphatic carbocycles. The highest BCUT2D eigenvalue weighted by molar-refractivity contribution is 5.92. The molecule has 10 heteroatoms. The normalized spacial score (nSPS) is 23.3. The highest BCUT2D eigenvalue weighted by Crippen LogP contribution is 2.36. The minimum absolute atomic E-state index is 0.224. The maximum absolute atomic E-state index is 15.6. The maximum Gasteiger partial charge on any atom is 0.241 e. The number of alkyl halides is 1. The molecule has 0 amide bonds. The topological polar surface area (TPSA) is 72.5 Å². The Morgan fingerprint density at radius 3 is 2.68 bits per heavy atom. The van der Waals surface area contributed by atoms with Gasteiger partial charge >= 0.3 is 0 Å². The van der Waals surface area contributed by atoms with Crippen LogP contribution >= 0.6 is 0 Å². The molecule has 5 heterocycles. The van der Waals surface area contributed by atoms with E-state index in [0.717, 1.165) is 34.5 Å². The third-order valence-electron chi connectivity index (χ3n) is 7.94. The van der Waals surface area contributed by atoms with Crippen LogP contribution in [-0.4, -0.2) is 73.1 Å². The second-order valence-corrected chi connectivity index (χ2v) is 10.9. The van der Waals surface area contributed by atoms with Crippen molar-refractivity contribution in [2.45, 2.75) is 64.8 Å². The summed E-state index contributed by atoms with van der Waals surface area (Å²) in [7, 11) is 0. The fraction of sp³-hybridized carbons (Fsp3) is 0.519. The summed E-state index contributed by atoms with van der Waals surface area (Å²) in [6, 6.07) is 3.94. The van der Waals surface area contributed by atoms with E-state index in [1.807, 2.05) is 26.0 Å². The van der Waals surface area contributed by atoms with Crippen LogP contribution in [-0.2, 0) is 4.74 Å². The first-order chi connectivity index (χ1) is 17.6. The quantitative estimate of drug-likeness (QED) is 0.421. The number of aryl methyl sites for hydroxylation is 2. The number of ether oxygens (including phenoxy) is 1. The number of nitrogens with one attached hydrogen (secondary N) is 1. The van der Waals surface area contributed by atoms with Gasteiger partial charge in [-0.3, -0.25) is 4.90 Å². The molecule has 0 saturated carbocycles. The van der Waals surface area contributed by atoms with Crippen LogP contribution in [0.15, 0.2) is 24.5 Å². The number of hydrogen-bond donors (Lipinski definition) is 1. The van der Waals surface area contributed by atoms with Gasteiger partial charge in [-0.1, -0.05) is 6.07 Å². The summed E-state index contributed by atoms with van der Waals surface area (Å²) < 4.78 is 39.9. The summed E-state index contributed by atoms with van der Waals surface area (Å²) in [5.41, 5.74) is 3.19. The molecule has 3 aromatic heterocycles. The second kappa shape index (κ2) is 8.73. The Hall–Kier alpha value is -3.11. The first-order valence-electron chi connectivity index (χ1n) is 12.9. The SMILES string of the molecule is Cc1c(-c2c(F)cn3nc(N[C@@H]4CCN(C5COC5)CC4(C)F)ncc23)ccc2nc(C)n(C(C)C)c12. The van der Waals surface area contributed by atoms with Crippen LogP contribution in [0, 0.1) is 19.7 Å². The van der Waals surface area contributed by atoms with Crippen LogP contribution in [0.5, 0.6) is 0 Å². The Morgan fingerprint density at radius 1 is 1.22 bits per heavy atom. The maximum atomic E-state index is 15.6. The van der Waals surface area contributed by atoms with Crippen LogP contribution in [0.1, 0.15) is 44.6 Å². The number of likely N-dealkylation sites (tertiary alicyclic amines) is 1. The van der Waals surface area contributed by atoms with Crippen LogP contribution in [0.3, 0.4) is 0 Å². The fourth-order valence-electron chi connectivity index (χ4n) is 5.95. The van der Waals surface area contributed by atoms with Gasteiger partial charge in [0.1, 0.15) is 11.5 Å². The number of anilines is 1. The van der Waals surface area contributed by atoms with Gasteiger partial charge in [0.05, 0.1) is 54.2 Å². The van der Waals surface area contributed by atoms with Gasteiger partial charge in [-0.15, -0.1) is 5.10 Å². The molecule has 2 aliphatic heterocycles. The van der Waals surface area contributed by atoms with E-state index in [-0.39, 0.29) is 17.8 Å². The van der Waals surface area contributed by atoms with Gasteiger partial charge in [-0.2, -0.15) is 0 Å². The van der Waals surface area contributed by atoms with Gasteiger partial charge in [0, 0.05) is 24.7 Å². The zero-order chi connectivity index (χ0) is 26.1. The third kappa shape index (κ3) is 3.97. The minimum atomic E-state index is -1.46. The lowest BCUT2D eigenvalue weighted by molar-refractivity contribution is -0.0924. The van der Waals surface area contributed by atoms with Gasteiger partial charge in [-0.25, -0.2) is 23.3 Å². The Bertz CT molecular complexity index is 1490. The number of nitrogens with zero attached hydrogens (tertiary/aromatic N) is 6. The first kappa shape index (κ1) is 24.2. The third-order valence-corrected chi connectivity index (χ3v) is 7.94. The van der Waals surface area contributed by atoms with Gasteiger partial charge < -0.3 is 14.6 Å². The van der Waals surface area contributed by atoms with Gasteiger partial charge in [0.25, 0.3) is 0 Å². The average Bonchev–Trinajstić information content (AvgIpc) is 3.30. The molecule has 0 radical (unpaired) electrons. The minimum Gasteiger partial charge on any atom is -0.378 e. The van der Waals surface area contributed by atoms with E-state index in [4.69, 9.17) is 9.72 Å². The molecular formula is C27H33F2N7O. The van der Waals surface area contributed by atoms with Crippen molar-refractivity contribution >= 4 is 22.5 Å². The first-order valence-corrected chi connectivity index (χ1v) is 12.9. The molecule has 196 valence electrons. The van der Waals surface area contributed by atoms with Crippen molar-refractivity contribution in [1.82, 2.24) is 29.0 Å². The molecule has 2 aliphatic rings. The lowest BCUT2D eigenvalue weighted by Crippen LogP contribution is -2.61.